The number of halogens is 3. The van der Waals surface area contributed by atoms with Gasteiger partial charge in [0, 0.05) is 45.8 Å². The van der Waals surface area contributed by atoms with Crippen molar-refractivity contribution < 1.29 is 37.5 Å². The second kappa shape index (κ2) is 12.8. The molecular formula is C35H28F3N7O5. The molecule has 0 atom stereocenters. The first-order valence-electron chi connectivity index (χ1n) is 15.0. The number of amides is 4. The van der Waals surface area contributed by atoms with Crippen LogP contribution in [0.25, 0.3) is 17.3 Å². The summed E-state index contributed by atoms with van der Waals surface area (Å²) in [6.07, 6.45) is -0.391. The molecule has 0 saturated carbocycles. The standard InChI is InChI=1S/C35H28F3N7O5/c1-18-16-44(17-39-18)24-8-4-6-21(12-24)32(47)45(35(36,37)38)25-9-5-7-22(13-25)41-34(50)42-23-10-11-26-27(31(46)43-29(26)14-23)15-28-19(2)30(33(48)49)20(3)40-28/h4-17,40H,1-3H3,(H,43,46)(H,48,49)(H2,41,42,50). The highest BCUT2D eigenvalue weighted by Crippen LogP contribution is 2.36. The van der Waals surface area contributed by atoms with E-state index in [1.54, 1.807) is 49.7 Å². The highest BCUT2D eigenvalue weighted by molar-refractivity contribution is 6.35. The van der Waals surface area contributed by atoms with Crippen molar-refractivity contribution in [3.8, 4) is 5.69 Å². The van der Waals surface area contributed by atoms with Crippen LogP contribution in [0.1, 0.15) is 48.9 Å². The minimum Gasteiger partial charge on any atom is -0.478 e. The molecule has 15 heteroatoms. The lowest BCUT2D eigenvalue weighted by molar-refractivity contribution is -0.122. The van der Waals surface area contributed by atoms with Crippen LogP contribution in [0.5, 0.6) is 0 Å². The fourth-order valence-corrected chi connectivity index (χ4v) is 5.69. The summed E-state index contributed by atoms with van der Waals surface area (Å²) in [4.78, 5) is 57.4. The number of carboxylic acids is 1. The summed E-state index contributed by atoms with van der Waals surface area (Å²) in [7, 11) is 0. The van der Waals surface area contributed by atoms with Crippen LogP contribution in [-0.4, -0.2) is 49.8 Å². The molecular weight excluding hydrogens is 655 g/mol. The number of hydrogen-bond acceptors (Lipinski definition) is 5. The molecule has 254 valence electrons. The first-order valence-corrected chi connectivity index (χ1v) is 15.0. The number of carbonyl (C=O) groups is 4. The van der Waals surface area contributed by atoms with Gasteiger partial charge in [0.15, 0.2) is 0 Å². The number of imidazole rings is 1. The van der Waals surface area contributed by atoms with Crippen molar-refractivity contribution >= 4 is 58.2 Å². The third-order valence-corrected chi connectivity index (χ3v) is 7.96. The summed E-state index contributed by atoms with van der Waals surface area (Å²) in [6, 6.07) is 14.3. The molecule has 0 fully saturated rings. The molecule has 3 aromatic carbocycles. The van der Waals surface area contributed by atoms with Gasteiger partial charge in [-0.25, -0.2) is 19.5 Å². The average Bonchev–Trinajstić information content (AvgIpc) is 3.70. The van der Waals surface area contributed by atoms with Crippen molar-refractivity contribution in [2.75, 3.05) is 20.9 Å². The monoisotopic (exact) mass is 683 g/mol. The molecule has 3 heterocycles. The van der Waals surface area contributed by atoms with Gasteiger partial charge in [-0.1, -0.05) is 18.2 Å². The maximum Gasteiger partial charge on any atom is 0.491 e. The Kier molecular flexibility index (Phi) is 8.49. The number of fused-ring (bicyclic) bond motifs is 1. The van der Waals surface area contributed by atoms with Crippen LogP contribution in [0.2, 0.25) is 0 Å². The fourth-order valence-electron chi connectivity index (χ4n) is 5.69. The molecule has 4 amide bonds. The van der Waals surface area contributed by atoms with E-state index in [9.17, 15) is 37.5 Å². The number of aromatic carboxylic acids is 1. The molecule has 0 saturated heterocycles. The fraction of sp³-hybridized carbons (Fsp3) is 0.114. The second-order valence-electron chi connectivity index (χ2n) is 11.5. The van der Waals surface area contributed by atoms with Gasteiger partial charge >= 0.3 is 18.3 Å². The number of alkyl halides is 3. The smallest absolute Gasteiger partial charge is 0.478 e. The summed E-state index contributed by atoms with van der Waals surface area (Å²) in [5, 5.41) is 17.2. The number of H-pyrrole nitrogens is 1. The first-order chi connectivity index (χ1) is 23.7. The number of nitrogens with zero attached hydrogens (tertiary/aromatic N) is 3. The van der Waals surface area contributed by atoms with E-state index in [0.717, 1.165) is 12.1 Å². The summed E-state index contributed by atoms with van der Waals surface area (Å²) < 4.78 is 44.6. The van der Waals surface area contributed by atoms with Gasteiger partial charge < -0.3 is 30.6 Å². The van der Waals surface area contributed by atoms with E-state index in [1.165, 1.54) is 48.8 Å². The van der Waals surface area contributed by atoms with E-state index in [4.69, 9.17) is 0 Å². The molecule has 2 aromatic heterocycles. The lowest BCUT2D eigenvalue weighted by Gasteiger charge is -2.26. The SMILES string of the molecule is Cc1cn(-c2cccc(C(=O)N(c3cccc(NC(=O)Nc4ccc5c(c4)NC(=O)C5=Cc4[nH]c(C)c(C(=O)O)c4C)c3)C(F)(F)F)c2)cn1. The number of rotatable bonds is 7. The zero-order chi connectivity index (χ0) is 35.9. The Bertz CT molecular complexity index is 2240. The van der Waals surface area contributed by atoms with E-state index in [-0.39, 0.29) is 33.0 Å². The number of carboxylic acid groups (broad SMARTS) is 1. The van der Waals surface area contributed by atoms with Crippen LogP contribution in [0.15, 0.2) is 79.3 Å². The Labute approximate surface area is 282 Å². The summed E-state index contributed by atoms with van der Waals surface area (Å²) in [5.74, 6) is -2.85. The zero-order valence-electron chi connectivity index (χ0n) is 26.6. The van der Waals surface area contributed by atoms with Crippen molar-refractivity contribution in [2.24, 2.45) is 0 Å². The molecule has 5 N–H and O–H groups in total. The van der Waals surface area contributed by atoms with E-state index < -0.39 is 35.8 Å². The Morgan fingerprint density at radius 2 is 1.68 bits per heavy atom. The van der Waals surface area contributed by atoms with Crippen molar-refractivity contribution in [3.63, 3.8) is 0 Å². The van der Waals surface area contributed by atoms with E-state index in [2.05, 4.69) is 25.9 Å². The highest BCUT2D eigenvalue weighted by Gasteiger charge is 2.43. The predicted octanol–water partition coefficient (Wildman–Crippen LogP) is 7.13. The molecule has 0 radical (unpaired) electrons. The quantitative estimate of drug-likeness (QED) is 0.0906. The predicted molar refractivity (Wildman–Crippen MR) is 180 cm³/mol. The van der Waals surface area contributed by atoms with Gasteiger partial charge in [-0.05, 0) is 80.9 Å². The maximum atomic E-state index is 14.3. The molecule has 0 unspecified atom stereocenters. The van der Waals surface area contributed by atoms with E-state index >= 15 is 0 Å². The zero-order valence-corrected chi connectivity index (χ0v) is 26.6. The summed E-state index contributed by atoms with van der Waals surface area (Å²) in [5.41, 5.74) is 3.31. The number of aryl methyl sites for hydroxylation is 2. The minimum absolute atomic E-state index is 0.0262. The molecule has 5 aromatic rings. The van der Waals surface area contributed by atoms with Crippen molar-refractivity contribution in [3.05, 3.63) is 119 Å². The van der Waals surface area contributed by atoms with Gasteiger partial charge in [0.1, 0.15) is 0 Å². The number of benzene rings is 3. The number of aromatic nitrogens is 3. The molecule has 0 bridgehead atoms. The van der Waals surface area contributed by atoms with Crippen LogP contribution in [-0.2, 0) is 4.79 Å². The summed E-state index contributed by atoms with van der Waals surface area (Å²) >= 11 is 0. The minimum atomic E-state index is -5.10. The topological polar surface area (TPSA) is 161 Å². The van der Waals surface area contributed by atoms with Gasteiger partial charge in [0.25, 0.3) is 11.8 Å². The second-order valence-corrected chi connectivity index (χ2v) is 11.5. The first kappa shape index (κ1) is 33.3. The third kappa shape index (κ3) is 6.56. The maximum absolute atomic E-state index is 14.3. The normalized spacial score (nSPS) is 13.2. The Hall–Kier alpha value is -6.64. The van der Waals surface area contributed by atoms with Crippen molar-refractivity contribution in [1.82, 2.24) is 14.5 Å². The van der Waals surface area contributed by atoms with Gasteiger partial charge in [-0.3, -0.25) is 9.59 Å². The molecule has 12 nitrogen and oxygen atoms in total. The highest BCUT2D eigenvalue weighted by atomic mass is 19.4. The number of urea groups is 1. The van der Waals surface area contributed by atoms with Gasteiger partial charge in [0.05, 0.1) is 34.5 Å². The molecule has 0 spiro atoms. The van der Waals surface area contributed by atoms with Crippen molar-refractivity contribution in [2.45, 2.75) is 27.1 Å². The number of aromatic amines is 1. The van der Waals surface area contributed by atoms with Crippen LogP contribution in [0.4, 0.5) is 40.7 Å². The molecule has 0 aliphatic carbocycles. The lowest BCUT2D eigenvalue weighted by Crippen LogP contribution is -2.43. The number of hydrogen-bond donors (Lipinski definition) is 5. The van der Waals surface area contributed by atoms with Gasteiger partial charge in [-0.15, -0.1) is 13.2 Å². The lowest BCUT2D eigenvalue weighted by atomic mass is 10.0. The van der Waals surface area contributed by atoms with Crippen LogP contribution < -0.4 is 20.9 Å². The van der Waals surface area contributed by atoms with Crippen molar-refractivity contribution in [1.29, 1.82) is 0 Å². The Morgan fingerprint density at radius 3 is 2.34 bits per heavy atom. The van der Waals surface area contributed by atoms with Gasteiger partial charge in [0.2, 0.25) is 0 Å². The molecule has 1 aliphatic rings. The van der Waals surface area contributed by atoms with Crippen LogP contribution in [0.3, 0.4) is 0 Å². The molecule has 6 rings (SSSR count). The Balaban J connectivity index is 1.19. The Morgan fingerprint density at radius 1 is 0.960 bits per heavy atom. The largest absolute Gasteiger partial charge is 0.491 e. The molecule has 1 aliphatic heterocycles. The van der Waals surface area contributed by atoms with Crippen LogP contribution in [0, 0.1) is 20.8 Å². The average molecular weight is 684 g/mol. The van der Waals surface area contributed by atoms with E-state index in [1.807, 2.05) is 0 Å². The summed E-state index contributed by atoms with van der Waals surface area (Å²) in [6.45, 7) is 5.01. The number of carbonyl (C=O) groups excluding carboxylic acids is 3. The number of anilines is 4. The van der Waals surface area contributed by atoms with Crippen LogP contribution >= 0.6 is 0 Å². The number of nitrogens with one attached hydrogen (secondary N) is 4. The van der Waals surface area contributed by atoms with Gasteiger partial charge in [-0.2, -0.15) is 0 Å². The van der Waals surface area contributed by atoms with E-state index in [0.29, 0.717) is 39.6 Å². The third-order valence-electron chi connectivity index (χ3n) is 7.96. The molecule has 50 heavy (non-hydrogen) atoms.